The molecule has 3 atom stereocenters. The van der Waals surface area contributed by atoms with E-state index in [0.29, 0.717) is 25.9 Å². The lowest BCUT2D eigenvalue weighted by atomic mass is 9.79. The molecule has 3 amide bonds. The van der Waals surface area contributed by atoms with Gasteiger partial charge in [0.1, 0.15) is 29.5 Å². The first-order chi connectivity index (χ1) is 20.1. The van der Waals surface area contributed by atoms with Gasteiger partial charge in [-0.25, -0.2) is 14.5 Å². The Morgan fingerprint density at radius 3 is 2.33 bits per heavy atom. The zero-order valence-corrected chi connectivity index (χ0v) is 27.0. The average molecular weight is 603 g/mol. The van der Waals surface area contributed by atoms with Crippen LogP contribution < -0.4 is 0 Å². The molecular formula is C33H50N2O8. The number of imide groups is 1. The van der Waals surface area contributed by atoms with Crippen molar-refractivity contribution in [3.05, 3.63) is 49.0 Å². The van der Waals surface area contributed by atoms with Crippen LogP contribution in [0.15, 0.2) is 42.1 Å². The fourth-order valence-corrected chi connectivity index (χ4v) is 4.85. The van der Waals surface area contributed by atoms with Crippen molar-refractivity contribution in [3.63, 3.8) is 0 Å². The number of carbonyl (C=O) groups excluding carboxylic acids is 4. The molecule has 43 heavy (non-hydrogen) atoms. The molecule has 10 heteroatoms. The lowest BCUT2D eigenvalue weighted by Gasteiger charge is -2.40. The molecule has 2 rings (SSSR count). The number of carbonyl (C=O) groups is 4. The molecular weight excluding hydrogens is 552 g/mol. The molecule has 1 aliphatic heterocycles. The van der Waals surface area contributed by atoms with E-state index in [0.717, 1.165) is 41.9 Å². The highest BCUT2D eigenvalue weighted by Gasteiger charge is 2.47. The van der Waals surface area contributed by atoms with Crippen LogP contribution in [0.3, 0.4) is 0 Å². The van der Waals surface area contributed by atoms with E-state index in [4.69, 9.17) is 18.6 Å². The van der Waals surface area contributed by atoms with Gasteiger partial charge in [0, 0.05) is 25.4 Å². The smallest absolute Gasteiger partial charge is 0.469 e. The van der Waals surface area contributed by atoms with Crippen LogP contribution in [0.25, 0.3) is 0 Å². The standard InChI is InChI=1S/C33H50N2O8/c1-10-12-14-15-18-34-19-17-26(24-20-25(40-22-24)16-13-11-2)27(28(34)36)29(37)35(30(38)42-32(4,5)6)23(3)21-41-31(39)43-33(7,8)9/h10-11,20,22-23,26-27H,1-2,12-19,21H2,3-9H3/t23?,26-,27+/m0/s1. The summed E-state index contributed by atoms with van der Waals surface area (Å²) in [5, 5.41) is 0. The lowest BCUT2D eigenvalue weighted by molar-refractivity contribution is -0.152. The predicted octanol–water partition coefficient (Wildman–Crippen LogP) is 6.79. The first kappa shape index (κ1) is 35.6. The molecule has 0 saturated carbocycles. The number of aryl methyl sites for hydroxylation is 1. The molecule has 240 valence electrons. The van der Waals surface area contributed by atoms with E-state index in [2.05, 4.69) is 13.2 Å². The third-order valence-electron chi connectivity index (χ3n) is 6.84. The molecule has 0 radical (unpaired) electrons. The summed E-state index contributed by atoms with van der Waals surface area (Å²) in [4.78, 5) is 56.8. The van der Waals surface area contributed by atoms with Crippen LogP contribution in [0, 0.1) is 5.92 Å². The van der Waals surface area contributed by atoms with Crippen molar-refractivity contribution in [2.75, 3.05) is 19.7 Å². The van der Waals surface area contributed by atoms with Gasteiger partial charge in [0.25, 0.3) is 0 Å². The molecule has 1 fully saturated rings. The first-order valence-corrected chi connectivity index (χ1v) is 15.1. The number of rotatable bonds is 13. The van der Waals surface area contributed by atoms with Crippen LogP contribution in [-0.2, 0) is 30.2 Å². The van der Waals surface area contributed by atoms with Gasteiger partial charge in [0.15, 0.2) is 0 Å². The Hall–Kier alpha value is -3.56. The largest absolute Gasteiger partial charge is 0.508 e. The Morgan fingerprint density at radius 2 is 1.72 bits per heavy atom. The SMILES string of the molecule is C=CCCCCN1CC[C@@H](c2coc(CCC=C)c2)[C@@H](C(=O)N(C(=O)OC(C)(C)C)C(C)COC(=O)OC(C)(C)C)C1=O. The highest BCUT2D eigenvalue weighted by molar-refractivity contribution is 6.06. The van der Waals surface area contributed by atoms with Crippen molar-refractivity contribution in [1.82, 2.24) is 9.80 Å². The maximum Gasteiger partial charge on any atom is 0.508 e. The molecule has 1 saturated heterocycles. The second kappa shape index (κ2) is 15.8. The van der Waals surface area contributed by atoms with Crippen molar-refractivity contribution in [2.24, 2.45) is 5.92 Å². The number of nitrogens with zero attached hydrogens (tertiary/aromatic N) is 2. The molecule has 1 aliphatic rings. The van der Waals surface area contributed by atoms with Crippen LogP contribution in [0.4, 0.5) is 9.59 Å². The maximum absolute atomic E-state index is 14.4. The molecule has 2 heterocycles. The number of amides is 3. The molecule has 0 aromatic carbocycles. The highest BCUT2D eigenvalue weighted by Crippen LogP contribution is 2.37. The Bertz CT molecular complexity index is 1130. The Kier molecular flexibility index (Phi) is 13.1. The minimum atomic E-state index is -1.20. The zero-order chi connectivity index (χ0) is 32.4. The van der Waals surface area contributed by atoms with Gasteiger partial charge >= 0.3 is 12.2 Å². The fourth-order valence-electron chi connectivity index (χ4n) is 4.85. The number of unbranched alkanes of at least 4 members (excludes halogenated alkanes) is 2. The van der Waals surface area contributed by atoms with Gasteiger partial charge in [-0.15, -0.1) is 13.2 Å². The average Bonchev–Trinajstić information content (AvgIpc) is 3.36. The number of ether oxygens (including phenoxy) is 3. The molecule has 1 aromatic heterocycles. The van der Waals surface area contributed by atoms with Crippen molar-refractivity contribution in [2.45, 2.75) is 110 Å². The van der Waals surface area contributed by atoms with Crippen molar-refractivity contribution >= 4 is 24.1 Å². The number of furan rings is 1. The molecule has 0 aliphatic carbocycles. The molecule has 0 spiro atoms. The van der Waals surface area contributed by atoms with E-state index < -0.39 is 47.2 Å². The predicted molar refractivity (Wildman–Crippen MR) is 163 cm³/mol. The molecule has 1 aromatic rings. The van der Waals surface area contributed by atoms with Crippen LogP contribution in [-0.4, -0.2) is 70.8 Å². The highest BCUT2D eigenvalue weighted by atomic mass is 16.7. The molecule has 10 nitrogen and oxygen atoms in total. The van der Waals surface area contributed by atoms with Crippen LogP contribution >= 0.6 is 0 Å². The van der Waals surface area contributed by atoms with Crippen molar-refractivity contribution < 1.29 is 37.8 Å². The third kappa shape index (κ3) is 11.2. The minimum absolute atomic E-state index is 0.339. The number of piperidine rings is 1. The summed E-state index contributed by atoms with van der Waals surface area (Å²) >= 11 is 0. The van der Waals surface area contributed by atoms with Gasteiger partial charge in [-0.1, -0.05) is 12.2 Å². The Morgan fingerprint density at radius 1 is 1.07 bits per heavy atom. The second-order valence-electron chi connectivity index (χ2n) is 13.0. The summed E-state index contributed by atoms with van der Waals surface area (Å²) in [6.07, 6.45) is 7.69. The van der Waals surface area contributed by atoms with Gasteiger partial charge in [-0.05, 0) is 92.2 Å². The van der Waals surface area contributed by atoms with Crippen LogP contribution in [0.5, 0.6) is 0 Å². The Labute approximate surface area is 256 Å². The quantitative estimate of drug-likeness (QED) is 0.105. The van der Waals surface area contributed by atoms with E-state index >= 15 is 0 Å². The molecule has 0 bridgehead atoms. The zero-order valence-electron chi connectivity index (χ0n) is 27.0. The Balaban J connectivity index is 2.44. The summed E-state index contributed by atoms with van der Waals surface area (Å²) in [5.74, 6) is -2.07. The van der Waals surface area contributed by atoms with Gasteiger partial charge in [-0.3, -0.25) is 9.59 Å². The van der Waals surface area contributed by atoms with Gasteiger partial charge < -0.3 is 23.5 Å². The van der Waals surface area contributed by atoms with E-state index in [1.54, 1.807) is 65.7 Å². The summed E-state index contributed by atoms with van der Waals surface area (Å²) < 4.78 is 21.8. The van der Waals surface area contributed by atoms with E-state index in [1.807, 2.05) is 12.1 Å². The minimum Gasteiger partial charge on any atom is -0.469 e. The van der Waals surface area contributed by atoms with Crippen molar-refractivity contribution in [1.29, 1.82) is 0 Å². The van der Waals surface area contributed by atoms with Gasteiger partial charge in [0.05, 0.1) is 12.3 Å². The fraction of sp³-hybridized carbons (Fsp3) is 0.636. The van der Waals surface area contributed by atoms with Crippen molar-refractivity contribution in [3.8, 4) is 0 Å². The van der Waals surface area contributed by atoms with E-state index in [9.17, 15) is 19.2 Å². The van der Waals surface area contributed by atoms with Crippen LogP contribution in [0.1, 0.15) is 97.8 Å². The number of likely N-dealkylation sites (tertiary alicyclic amines) is 1. The maximum atomic E-state index is 14.4. The second-order valence-corrected chi connectivity index (χ2v) is 13.0. The lowest BCUT2D eigenvalue weighted by Crippen LogP contribution is -2.56. The number of allylic oxidation sites excluding steroid dienone is 2. The topological polar surface area (TPSA) is 116 Å². The summed E-state index contributed by atoms with van der Waals surface area (Å²) in [6.45, 7) is 19.8. The summed E-state index contributed by atoms with van der Waals surface area (Å²) in [7, 11) is 0. The van der Waals surface area contributed by atoms with E-state index in [1.165, 1.54) is 0 Å². The summed E-state index contributed by atoms with van der Waals surface area (Å²) in [5.41, 5.74) is -0.981. The third-order valence-corrected chi connectivity index (χ3v) is 6.84. The van der Waals surface area contributed by atoms with Gasteiger partial charge in [-0.2, -0.15) is 0 Å². The first-order valence-electron chi connectivity index (χ1n) is 15.1. The summed E-state index contributed by atoms with van der Waals surface area (Å²) in [6, 6.07) is 0.924. The van der Waals surface area contributed by atoms with E-state index in [-0.39, 0.29) is 12.5 Å². The molecule has 1 unspecified atom stereocenters. The number of hydrogen-bond donors (Lipinski definition) is 0. The van der Waals surface area contributed by atoms with Gasteiger partial charge in [0.2, 0.25) is 11.8 Å². The normalized spacial score (nSPS) is 18.0. The number of hydrogen-bond acceptors (Lipinski definition) is 8. The van der Waals surface area contributed by atoms with Crippen LogP contribution in [0.2, 0.25) is 0 Å². The monoisotopic (exact) mass is 602 g/mol. The molecule has 0 N–H and O–H groups in total.